The summed E-state index contributed by atoms with van der Waals surface area (Å²) in [5.41, 5.74) is 1.54. The Bertz CT molecular complexity index is 634. The van der Waals surface area contributed by atoms with Crippen molar-refractivity contribution in [1.82, 2.24) is 4.98 Å². The van der Waals surface area contributed by atoms with E-state index in [4.69, 9.17) is 5.26 Å². The van der Waals surface area contributed by atoms with Crippen LogP contribution in [0.4, 0.5) is 5.82 Å². The molecule has 0 saturated carbocycles. The Morgan fingerprint density at radius 3 is 2.55 bits per heavy atom. The van der Waals surface area contributed by atoms with Crippen LogP contribution in [-0.4, -0.2) is 16.7 Å². The minimum absolute atomic E-state index is 0.0997. The molecule has 0 saturated heterocycles. The smallest absolute Gasteiger partial charge is 0.144 e. The Balaban J connectivity index is 2.41. The summed E-state index contributed by atoms with van der Waals surface area (Å²) < 4.78 is 0. The molecule has 0 spiro atoms. The summed E-state index contributed by atoms with van der Waals surface area (Å²) >= 11 is 0. The van der Waals surface area contributed by atoms with Gasteiger partial charge in [-0.2, -0.15) is 5.26 Å². The third-order valence-electron chi connectivity index (χ3n) is 3.28. The molecule has 1 atom stereocenters. The van der Waals surface area contributed by atoms with E-state index < -0.39 is 5.54 Å². The van der Waals surface area contributed by atoms with Gasteiger partial charge in [0.1, 0.15) is 11.9 Å². The maximum absolute atomic E-state index is 9.76. The van der Waals surface area contributed by atoms with Crippen LogP contribution in [0.3, 0.4) is 0 Å². The molecule has 1 unspecified atom stereocenters. The number of aromatic nitrogens is 1. The van der Waals surface area contributed by atoms with Gasteiger partial charge in [0.25, 0.3) is 0 Å². The van der Waals surface area contributed by atoms with E-state index in [9.17, 15) is 5.11 Å². The maximum Gasteiger partial charge on any atom is 0.144 e. The first-order valence-corrected chi connectivity index (χ1v) is 6.41. The summed E-state index contributed by atoms with van der Waals surface area (Å²) in [5, 5.41) is 22.1. The predicted octanol–water partition coefficient (Wildman–Crippen LogP) is 2.58. The molecule has 0 bridgehead atoms. The highest BCUT2D eigenvalue weighted by Crippen LogP contribution is 2.26. The van der Waals surface area contributed by atoms with Gasteiger partial charge in [0.05, 0.1) is 17.7 Å². The Labute approximate surface area is 118 Å². The normalized spacial score (nSPS) is 13.3. The van der Waals surface area contributed by atoms with Crippen molar-refractivity contribution < 1.29 is 5.11 Å². The van der Waals surface area contributed by atoms with Crippen molar-refractivity contribution in [1.29, 1.82) is 5.26 Å². The van der Waals surface area contributed by atoms with Crippen LogP contribution in [-0.2, 0) is 5.54 Å². The molecule has 1 heterocycles. The van der Waals surface area contributed by atoms with E-state index in [2.05, 4.69) is 16.4 Å². The minimum Gasteiger partial charge on any atom is -0.394 e. The molecule has 0 radical (unpaired) electrons. The lowest BCUT2D eigenvalue weighted by Gasteiger charge is -2.30. The van der Waals surface area contributed by atoms with Crippen molar-refractivity contribution in [2.45, 2.75) is 19.4 Å². The van der Waals surface area contributed by atoms with Gasteiger partial charge >= 0.3 is 0 Å². The molecule has 20 heavy (non-hydrogen) atoms. The lowest BCUT2D eigenvalue weighted by Crippen LogP contribution is -2.36. The fourth-order valence-corrected chi connectivity index (χ4v) is 2.01. The van der Waals surface area contributed by atoms with Gasteiger partial charge in [0.2, 0.25) is 0 Å². The van der Waals surface area contributed by atoms with Gasteiger partial charge in [-0.1, -0.05) is 30.3 Å². The first kappa shape index (κ1) is 14.0. The SMILES string of the molecule is Cc1ccc(C#N)c(NC(C)(CO)c2ccccc2)n1. The second-order valence-corrected chi connectivity index (χ2v) is 4.94. The molecule has 1 aromatic heterocycles. The first-order valence-electron chi connectivity index (χ1n) is 6.41. The minimum atomic E-state index is -0.687. The van der Waals surface area contributed by atoms with Gasteiger partial charge in [0.15, 0.2) is 0 Å². The zero-order valence-electron chi connectivity index (χ0n) is 11.6. The number of aryl methyl sites for hydroxylation is 1. The summed E-state index contributed by atoms with van der Waals surface area (Å²) in [6, 6.07) is 15.3. The van der Waals surface area contributed by atoms with Crippen molar-refractivity contribution in [3.63, 3.8) is 0 Å². The van der Waals surface area contributed by atoms with Gasteiger partial charge in [0, 0.05) is 5.69 Å². The van der Waals surface area contributed by atoms with Gasteiger partial charge in [-0.3, -0.25) is 0 Å². The molecule has 0 amide bonds. The Hall–Kier alpha value is -2.38. The molecule has 1 aromatic carbocycles. The zero-order valence-corrected chi connectivity index (χ0v) is 11.6. The van der Waals surface area contributed by atoms with Crippen LogP contribution in [0.1, 0.15) is 23.7 Å². The Kier molecular flexibility index (Phi) is 4.02. The van der Waals surface area contributed by atoms with Crippen LogP contribution >= 0.6 is 0 Å². The number of aliphatic hydroxyl groups excluding tert-OH is 1. The van der Waals surface area contributed by atoms with Crippen LogP contribution in [0.2, 0.25) is 0 Å². The number of hydrogen-bond donors (Lipinski definition) is 2. The number of aliphatic hydroxyl groups is 1. The Morgan fingerprint density at radius 2 is 1.95 bits per heavy atom. The Morgan fingerprint density at radius 1 is 1.25 bits per heavy atom. The second-order valence-electron chi connectivity index (χ2n) is 4.94. The molecule has 2 rings (SSSR count). The molecular formula is C16H17N3O. The summed E-state index contributed by atoms with van der Waals surface area (Å²) in [7, 11) is 0. The topological polar surface area (TPSA) is 68.9 Å². The standard InChI is InChI=1S/C16H17N3O/c1-12-8-9-13(10-17)15(18-12)19-16(2,11-20)14-6-4-3-5-7-14/h3-9,20H,11H2,1-2H3,(H,18,19). The van der Waals surface area contributed by atoms with Crippen molar-refractivity contribution in [2.24, 2.45) is 0 Å². The van der Waals surface area contributed by atoms with Crippen LogP contribution in [0.15, 0.2) is 42.5 Å². The van der Waals surface area contributed by atoms with E-state index in [1.165, 1.54) is 0 Å². The highest BCUT2D eigenvalue weighted by Gasteiger charge is 2.26. The van der Waals surface area contributed by atoms with Gasteiger partial charge in [-0.15, -0.1) is 0 Å². The van der Waals surface area contributed by atoms with Gasteiger partial charge < -0.3 is 10.4 Å². The van der Waals surface area contributed by atoms with E-state index in [1.807, 2.05) is 44.2 Å². The third kappa shape index (κ3) is 2.79. The molecule has 2 aromatic rings. The van der Waals surface area contributed by atoms with Crippen LogP contribution in [0.5, 0.6) is 0 Å². The summed E-state index contributed by atoms with van der Waals surface area (Å²) in [5.74, 6) is 0.493. The molecule has 102 valence electrons. The molecule has 0 aliphatic heterocycles. The van der Waals surface area contributed by atoms with Crippen molar-refractivity contribution in [3.8, 4) is 6.07 Å². The predicted molar refractivity (Wildman–Crippen MR) is 78.2 cm³/mol. The largest absolute Gasteiger partial charge is 0.394 e. The van der Waals surface area contributed by atoms with Crippen LogP contribution in [0, 0.1) is 18.3 Å². The van der Waals surface area contributed by atoms with E-state index in [0.717, 1.165) is 11.3 Å². The zero-order chi connectivity index (χ0) is 14.6. The quantitative estimate of drug-likeness (QED) is 0.893. The highest BCUT2D eigenvalue weighted by atomic mass is 16.3. The fourth-order valence-electron chi connectivity index (χ4n) is 2.01. The number of pyridine rings is 1. The average molecular weight is 267 g/mol. The summed E-state index contributed by atoms with van der Waals surface area (Å²) in [6.07, 6.45) is 0. The molecule has 0 aliphatic rings. The number of nitriles is 1. The van der Waals surface area contributed by atoms with Crippen molar-refractivity contribution in [3.05, 3.63) is 59.3 Å². The molecular weight excluding hydrogens is 250 g/mol. The van der Waals surface area contributed by atoms with Gasteiger partial charge in [-0.05, 0) is 31.5 Å². The number of anilines is 1. The molecule has 2 N–H and O–H groups in total. The van der Waals surface area contributed by atoms with E-state index in [0.29, 0.717) is 11.4 Å². The number of hydrogen-bond acceptors (Lipinski definition) is 4. The second kappa shape index (κ2) is 5.72. The molecule has 0 fully saturated rings. The average Bonchev–Trinajstić information content (AvgIpc) is 2.48. The van der Waals surface area contributed by atoms with E-state index >= 15 is 0 Å². The molecule has 4 heteroatoms. The van der Waals surface area contributed by atoms with Crippen LogP contribution < -0.4 is 5.32 Å². The monoisotopic (exact) mass is 267 g/mol. The summed E-state index contributed by atoms with van der Waals surface area (Å²) in [4.78, 5) is 4.36. The number of rotatable bonds is 4. The van der Waals surface area contributed by atoms with Crippen molar-refractivity contribution >= 4 is 5.82 Å². The molecule has 4 nitrogen and oxygen atoms in total. The lowest BCUT2D eigenvalue weighted by atomic mass is 9.92. The van der Waals surface area contributed by atoms with Crippen molar-refractivity contribution in [2.75, 3.05) is 11.9 Å². The van der Waals surface area contributed by atoms with E-state index in [1.54, 1.807) is 12.1 Å². The number of benzene rings is 1. The number of nitrogens with one attached hydrogen (secondary N) is 1. The maximum atomic E-state index is 9.76. The highest BCUT2D eigenvalue weighted by molar-refractivity contribution is 5.54. The first-order chi connectivity index (χ1) is 9.59. The van der Waals surface area contributed by atoms with Crippen LogP contribution in [0.25, 0.3) is 0 Å². The number of nitrogens with zero attached hydrogens (tertiary/aromatic N) is 2. The summed E-state index contributed by atoms with van der Waals surface area (Å²) in [6.45, 7) is 3.65. The third-order valence-corrected chi connectivity index (χ3v) is 3.28. The fraction of sp³-hybridized carbons (Fsp3) is 0.250. The van der Waals surface area contributed by atoms with Gasteiger partial charge in [-0.25, -0.2) is 4.98 Å². The van der Waals surface area contributed by atoms with E-state index in [-0.39, 0.29) is 6.61 Å². The molecule has 0 aliphatic carbocycles. The lowest BCUT2D eigenvalue weighted by molar-refractivity contribution is 0.223.